The fourth-order valence-electron chi connectivity index (χ4n) is 4.98. The van der Waals surface area contributed by atoms with Gasteiger partial charge in [-0.25, -0.2) is 0 Å². The largest absolute Gasteiger partial charge is 0.756 e. The third-order valence-corrected chi connectivity index (χ3v) is 9.16. The van der Waals surface area contributed by atoms with Crippen molar-refractivity contribution in [2.24, 2.45) is 0 Å². The lowest BCUT2D eigenvalue weighted by Gasteiger charge is -2.29. The van der Waals surface area contributed by atoms with Crippen LogP contribution in [-0.4, -0.2) is 74.3 Å². The number of unbranched alkanes of at least 4 members (excludes halogenated alkanes) is 12. The van der Waals surface area contributed by atoms with Gasteiger partial charge >= 0.3 is 0 Å². The minimum absolute atomic E-state index is 0.0467. The molecule has 0 spiro atoms. The zero-order valence-corrected chi connectivity index (χ0v) is 33.7. The predicted molar refractivity (Wildman–Crippen MR) is 210 cm³/mol. The third kappa shape index (κ3) is 34.7. The second-order valence-electron chi connectivity index (χ2n) is 14.3. The summed E-state index contributed by atoms with van der Waals surface area (Å²) in [5.41, 5.74) is 0. The van der Waals surface area contributed by atoms with Gasteiger partial charge in [-0.05, 0) is 51.0 Å². The monoisotopic (exact) mass is 737 g/mol. The summed E-state index contributed by atoms with van der Waals surface area (Å²) >= 11 is 0. The molecule has 51 heavy (non-hydrogen) atoms. The van der Waals surface area contributed by atoms with Crippen LogP contribution in [0.5, 0.6) is 0 Å². The second-order valence-corrected chi connectivity index (χ2v) is 15.7. The zero-order chi connectivity index (χ0) is 38.1. The lowest BCUT2D eigenvalue weighted by molar-refractivity contribution is -0.870. The summed E-state index contributed by atoms with van der Waals surface area (Å²) in [4.78, 5) is 37.4. The molecule has 0 aromatic carbocycles. The number of hydrogen-bond donors (Lipinski definition) is 2. The number of ketones is 1. The van der Waals surface area contributed by atoms with E-state index in [2.05, 4.69) is 43.5 Å². The lowest BCUT2D eigenvalue weighted by Crippen LogP contribution is -2.45. The summed E-state index contributed by atoms with van der Waals surface area (Å²) in [5, 5.41) is 13.5. The molecule has 0 aliphatic heterocycles. The molecule has 0 aliphatic rings. The van der Waals surface area contributed by atoms with Gasteiger partial charge in [0.05, 0.1) is 39.9 Å². The molecule has 1 unspecified atom stereocenters. The zero-order valence-electron chi connectivity index (χ0n) is 32.8. The van der Waals surface area contributed by atoms with Crippen LogP contribution in [-0.2, 0) is 23.2 Å². The molecule has 0 aromatic rings. The second kappa shape index (κ2) is 32.5. The van der Waals surface area contributed by atoms with Gasteiger partial charge in [0.25, 0.3) is 7.82 Å². The van der Waals surface area contributed by atoms with Crippen molar-refractivity contribution in [3.63, 3.8) is 0 Å². The maximum absolute atomic E-state index is 12.8. The minimum Gasteiger partial charge on any atom is -0.756 e. The Bertz CT molecular complexity index is 1080. The molecule has 0 aliphatic carbocycles. The number of amides is 1. The van der Waals surface area contributed by atoms with E-state index in [0.717, 1.165) is 38.5 Å². The van der Waals surface area contributed by atoms with Crippen molar-refractivity contribution in [1.82, 2.24) is 5.32 Å². The Morgan fingerprint density at radius 1 is 0.745 bits per heavy atom. The van der Waals surface area contributed by atoms with E-state index in [1.807, 2.05) is 39.4 Å². The standard InChI is InChI=1S/C41H73N2O7P/c1-6-8-10-12-14-16-18-19-21-22-24-26-28-31-38(44)32-30-34-41(46)42-39(37-50-51(47,48)49-36-35-43(3,4)5)40(45)33-29-27-25-23-20-17-15-13-11-9-7-2/h14,16,19,21,24,26,28-29,31,33,39-40,45H,6-13,15,17-18,20,22-23,25,27,30,32,34-37H2,1-5H3,(H-,42,46,47,48)/b16-14-,21-19-,26-24-,31-28+,33-29+/t39-,40+/m0/s1. The van der Waals surface area contributed by atoms with Crippen LogP contribution >= 0.6 is 7.82 Å². The highest BCUT2D eigenvalue weighted by molar-refractivity contribution is 7.45. The maximum Gasteiger partial charge on any atom is 0.268 e. The van der Waals surface area contributed by atoms with Crippen LogP contribution in [0.15, 0.2) is 60.8 Å². The van der Waals surface area contributed by atoms with Crippen LogP contribution in [0.25, 0.3) is 0 Å². The van der Waals surface area contributed by atoms with E-state index in [4.69, 9.17) is 9.05 Å². The van der Waals surface area contributed by atoms with Crippen LogP contribution in [0.3, 0.4) is 0 Å². The number of allylic oxidation sites excluding steroid dienone is 9. The molecule has 9 nitrogen and oxygen atoms in total. The molecule has 2 N–H and O–H groups in total. The average molecular weight is 737 g/mol. The van der Waals surface area contributed by atoms with Crippen LogP contribution < -0.4 is 10.2 Å². The van der Waals surface area contributed by atoms with Gasteiger partial charge < -0.3 is 28.8 Å². The topological polar surface area (TPSA) is 125 Å². The number of aliphatic hydroxyl groups is 1. The number of aliphatic hydroxyl groups excluding tert-OH is 1. The van der Waals surface area contributed by atoms with Crippen LogP contribution in [0.1, 0.15) is 136 Å². The Hall–Kier alpha value is -2.13. The number of quaternary nitrogens is 1. The van der Waals surface area contributed by atoms with E-state index in [9.17, 15) is 24.2 Å². The van der Waals surface area contributed by atoms with Crippen molar-refractivity contribution in [3.8, 4) is 0 Å². The first-order chi connectivity index (χ1) is 24.4. The number of hydrogen-bond acceptors (Lipinski definition) is 7. The summed E-state index contributed by atoms with van der Waals surface area (Å²) in [7, 11) is 1.10. The van der Waals surface area contributed by atoms with Crippen molar-refractivity contribution in [3.05, 3.63) is 60.8 Å². The fourth-order valence-corrected chi connectivity index (χ4v) is 5.71. The van der Waals surface area contributed by atoms with Gasteiger partial charge in [0.15, 0.2) is 5.78 Å². The summed E-state index contributed by atoms with van der Waals surface area (Å²) in [5.74, 6) is -0.491. The van der Waals surface area contributed by atoms with Gasteiger partial charge in [0.1, 0.15) is 13.2 Å². The molecule has 0 fully saturated rings. The van der Waals surface area contributed by atoms with Gasteiger partial charge in [-0.1, -0.05) is 133 Å². The Kier molecular flexibility index (Phi) is 31.2. The van der Waals surface area contributed by atoms with Crippen molar-refractivity contribution >= 4 is 19.5 Å². The third-order valence-electron chi connectivity index (χ3n) is 8.20. The van der Waals surface area contributed by atoms with E-state index in [0.29, 0.717) is 17.4 Å². The maximum atomic E-state index is 12.8. The number of nitrogens with zero attached hydrogens (tertiary/aromatic N) is 1. The number of phosphoric acid groups is 1. The first kappa shape index (κ1) is 48.9. The van der Waals surface area contributed by atoms with Crippen molar-refractivity contribution in [2.45, 2.75) is 148 Å². The Morgan fingerprint density at radius 3 is 1.98 bits per heavy atom. The molecule has 0 heterocycles. The molecular weight excluding hydrogens is 663 g/mol. The molecule has 0 radical (unpaired) electrons. The van der Waals surface area contributed by atoms with Gasteiger partial charge in [-0.15, -0.1) is 0 Å². The molecular formula is C41H73N2O7P. The molecule has 0 aromatic heterocycles. The van der Waals surface area contributed by atoms with Crippen LogP contribution in [0.2, 0.25) is 0 Å². The van der Waals surface area contributed by atoms with Crippen molar-refractivity contribution in [1.29, 1.82) is 0 Å². The van der Waals surface area contributed by atoms with E-state index in [1.54, 1.807) is 12.2 Å². The van der Waals surface area contributed by atoms with E-state index in [-0.39, 0.29) is 25.2 Å². The summed E-state index contributed by atoms with van der Waals surface area (Å²) < 4.78 is 23.0. The molecule has 1 amide bonds. The molecule has 0 bridgehead atoms. The van der Waals surface area contributed by atoms with E-state index >= 15 is 0 Å². The minimum atomic E-state index is -4.65. The quantitative estimate of drug-likeness (QED) is 0.0169. The molecule has 0 rings (SSSR count). The first-order valence-corrected chi connectivity index (χ1v) is 21.1. The number of nitrogens with one attached hydrogen (secondary N) is 1. The molecule has 0 saturated carbocycles. The number of phosphoric ester groups is 1. The highest BCUT2D eigenvalue weighted by Gasteiger charge is 2.23. The summed E-state index contributed by atoms with van der Waals surface area (Å²) in [6.07, 6.45) is 36.9. The van der Waals surface area contributed by atoms with E-state index in [1.165, 1.54) is 70.3 Å². The summed E-state index contributed by atoms with van der Waals surface area (Å²) in [6.45, 7) is 4.37. The van der Waals surface area contributed by atoms with E-state index < -0.39 is 32.5 Å². The van der Waals surface area contributed by atoms with Crippen molar-refractivity contribution < 1.29 is 37.7 Å². The molecule has 10 heteroatoms. The average Bonchev–Trinajstić information content (AvgIpc) is 3.06. The SMILES string of the molecule is CCCCC/C=C\C/C=C\C/C=C\C=C\C(=O)CCCC(=O)N[C@@H](COP(=O)([O-])OCC[N+](C)(C)C)[C@H](O)/C=C/CCCCCCCCCCC. The molecule has 3 atom stereocenters. The highest BCUT2D eigenvalue weighted by Crippen LogP contribution is 2.38. The van der Waals surface area contributed by atoms with Gasteiger partial charge in [-0.3, -0.25) is 14.2 Å². The smallest absolute Gasteiger partial charge is 0.268 e. The Morgan fingerprint density at radius 2 is 1.31 bits per heavy atom. The Balaban J connectivity index is 4.75. The lowest BCUT2D eigenvalue weighted by atomic mass is 10.1. The first-order valence-electron chi connectivity index (χ1n) is 19.6. The van der Waals surface area contributed by atoms with Gasteiger partial charge in [0.2, 0.25) is 5.91 Å². The van der Waals surface area contributed by atoms with Gasteiger partial charge in [0, 0.05) is 12.8 Å². The van der Waals surface area contributed by atoms with Crippen LogP contribution in [0.4, 0.5) is 0 Å². The molecule has 294 valence electrons. The predicted octanol–water partition coefficient (Wildman–Crippen LogP) is 8.84. The normalized spacial score (nSPS) is 15.1. The fraction of sp³-hybridized carbons (Fsp3) is 0.707. The summed E-state index contributed by atoms with van der Waals surface area (Å²) in [6, 6.07) is -1.00. The van der Waals surface area contributed by atoms with Crippen LogP contribution in [0, 0.1) is 0 Å². The Labute approximate surface area is 311 Å². The number of carbonyl (C=O) groups is 2. The number of likely N-dealkylation sites (N-methyl/N-ethyl adjacent to an activating group) is 1. The number of rotatable bonds is 34. The molecule has 0 saturated heterocycles. The number of carbonyl (C=O) groups excluding carboxylic acids is 2. The highest BCUT2D eigenvalue weighted by atomic mass is 31.2. The van der Waals surface area contributed by atoms with Gasteiger partial charge in [-0.2, -0.15) is 0 Å². The van der Waals surface area contributed by atoms with Crippen molar-refractivity contribution in [2.75, 3.05) is 40.9 Å².